The van der Waals surface area contributed by atoms with Crippen molar-refractivity contribution in [3.05, 3.63) is 0 Å². The summed E-state index contributed by atoms with van der Waals surface area (Å²) < 4.78 is 6.40. The minimum atomic E-state index is -1.85. The molecular weight excluding hydrogens is 290 g/mol. The van der Waals surface area contributed by atoms with Gasteiger partial charge in [-0.05, 0) is 57.6 Å². The van der Waals surface area contributed by atoms with E-state index in [2.05, 4.69) is 49.2 Å². The molecule has 1 N–H and O–H groups in total. The minimum Gasteiger partial charge on any atom is -0.410 e. The van der Waals surface area contributed by atoms with Gasteiger partial charge in [0.2, 0.25) is 5.29 Å². The molecule has 2 atom stereocenters. The number of halogens is 1. The molecule has 0 aromatic heterocycles. The van der Waals surface area contributed by atoms with Crippen LogP contribution in [0.25, 0.3) is 0 Å². The number of hydrogen-bond acceptors (Lipinski definition) is 3. The van der Waals surface area contributed by atoms with E-state index in [9.17, 15) is 0 Å². The largest absolute Gasteiger partial charge is 0.410 e. The highest BCUT2D eigenvalue weighted by atomic mass is 35.5. The predicted octanol–water partition coefficient (Wildman–Crippen LogP) is 4.02. The lowest BCUT2D eigenvalue weighted by molar-refractivity contribution is 0.105. The quantitative estimate of drug-likeness (QED) is 0.360. The van der Waals surface area contributed by atoms with Gasteiger partial charge in [-0.25, -0.2) is 9.98 Å². The van der Waals surface area contributed by atoms with Gasteiger partial charge >= 0.3 is 0 Å². The summed E-state index contributed by atoms with van der Waals surface area (Å²) in [5.74, 6) is 0. The highest BCUT2D eigenvalue weighted by Gasteiger charge is 2.42. The van der Waals surface area contributed by atoms with Crippen LogP contribution in [0, 0.1) is 0 Å². The van der Waals surface area contributed by atoms with E-state index in [-0.39, 0.29) is 16.4 Å². The maximum Gasteiger partial charge on any atom is 0.219 e. The molecule has 0 saturated carbocycles. The van der Waals surface area contributed by atoms with Crippen LogP contribution in [0.3, 0.4) is 0 Å². The van der Waals surface area contributed by atoms with Gasteiger partial charge in [0.25, 0.3) is 0 Å². The van der Waals surface area contributed by atoms with E-state index in [1.165, 1.54) is 0 Å². The van der Waals surface area contributed by atoms with Gasteiger partial charge in [-0.2, -0.15) is 0 Å². The van der Waals surface area contributed by atoms with Gasteiger partial charge in [0.15, 0.2) is 8.32 Å². The summed E-state index contributed by atoms with van der Waals surface area (Å²) in [7, 11) is 0.00165. The molecular formula is C14H30ClN3OSi. The van der Waals surface area contributed by atoms with Crippen LogP contribution in [0.15, 0.2) is 9.98 Å². The van der Waals surface area contributed by atoms with Gasteiger partial charge < -0.3 is 4.43 Å². The molecule has 0 heterocycles. The Hall–Kier alpha value is -0.233. The van der Waals surface area contributed by atoms with Crippen molar-refractivity contribution in [2.24, 2.45) is 9.98 Å². The maximum atomic E-state index is 6.40. The van der Waals surface area contributed by atoms with Crippen molar-refractivity contribution in [1.29, 1.82) is 0 Å². The van der Waals surface area contributed by atoms with Gasteiger partial charge in [-0.3, -0.25) is 5.32 Å². The molecule has 0 spiro atoms. The smallest absolute Gasteiger partial charge is 0.219 e. The van der Waals surface area contributed by atoms with E-state index in [0.717, 1.165) is 0 Å². The summed E-state index contributed by atoms with van der Waals surface area (Å²) in [6, 6.07) is 0. The summed E-state index contributed by atoms with van der Waals surface area (Å²) in [5.41, 5.74) is -0.598. The lowest BCUT2D eigenvalue weighted by Crippen LogP contribution is -2.54. The van der Waals surface area contributed by atoms with E-state index in [4.69, 9.17) is 16.0 Å². The molecule has 118 valence electrons. The fourth-order valence-corrected chi connectivity index (χ4v) is 3.15. The average Bonchev–Trinajstić information content (AvgIpc) is 2.26. The van der Waals surface area contributed by atoms with Crippen LogP contribution in [-0.2, 0) is 4.43 Å². The Labute approximate surface area is 130 Å². The van der Waals surface area contributed by atoms with Crippen LogP contribution in [-0.4, -0.2) is 38.6 Å². The molecule has 0 aromatic rings. The second-order valence-corrected chi connectivity index (χ2v) is 11.8. The Morgan fingerprint density at radius 2 is 1.80 bits per heavy atom. The van der Waals surface area contributed by atoms with Crippen molar-refractivity contribution in [3.8, 4) is 0 Å². The maximum absolute atomic E-state index is 6.40. The van der Waals surface area contributed by atoms with E-state index in [1.807, 2.05) is 27.8 Å². The van der Waals surface area contributed by atoms with Crippen LogP contribution < -0.4 is 5.32 Å². The number of likely N-dealkylation sites (N-methyl/N-ethyl adjacent to an activating group) is 1. The molecule has 4 nitrogen and oxygen atoms in total. The van der Waals surface area contributed by atoms with Crippen molar-refractivity contribution >= 4 is 31.4 Å². The fourth-order valence-electron chi connectivity index (χ4n) is 1.41. The SMILES string of the molecule is C/C=N\C(Cl)=N/C(C)(NC)C(C)O[Si](C)(C)C(C)(C)C. The lowest BCUT2D eigenvalue weighted by atomic mass is 10.1. The molecule has 0 aliphatic heterocycles. The first-order chi connectivity index (χ1) is 8.89. The Balaban J connectivity index is 5.23. The molecule has 6 heteroatoms. The van der Waals surface area contributed by atoms with Crippen molar-refractivity contribution < 1.29 is 4.43 Å². The lowest BCUT2D eigenvalue weighted by Gasteiger charge is -2.42. The zero-order valence-corrected chi connectivity index (χ0v) is 16.1. The minimum absolute atomic E-state index is 0.103. The number of aliphatic imine (C=N–C) groups is 2. The first kappa shape index (κ1) is 19.8. The molecule has 0 aromatic carbocycles. The molecule has 0 radical (unpaired) electrons. The summed E-state index contributed by atoms with van der Waals surface area (Å²) in [6.07, 6.45) is 1.52. The van der Waals surface area contributed by atoms with Crippen LogP contribution in [0.1, 0.15) is 41.5 Å². The Morgan fingerprint density at radius 3 is 2.15 bits per heavy atom. The molecule has 20 heavy (non-hydrogen) atoms. The van der Waals surface area contributed by atoms with Crippen molar-refractivity contribution in [1.82, 2.24) is 5.32 Å². The van der Waals surface area contributed by atoms with Crippen LogP contribution in [0.4, 0.5) is 0 Å². The number of nitrogens with one attached hydrogen (secondary N) is 1. The zero-order chi connectivity index (χ0) is 16.2. The highest BCUT2D eigenvalue weighted by molar-refractivity contribution is 6.74. The van der Waals surface area contributed by atoms with E-state index in [0.29, 0.717) is 0 Å². The third-order valence-corrected chi connectivity index (χ3v) is 8.87. The number of nitrogens with zero attached hydrogens (tertiary/aromatic N) is 2. The summed E-state index contributed by atoms with van der Waals surface area (Å²) >= 11 is 6.02. The predicted molar refractivity (Wildman–Crippen MR) is 92.7 cm³/mol. The molecule has 0 fully saturated rings. The Morgan fingerprint density at radius 1 is 1.30 bits per heavy atom. The first-order valence-electron chi connectivity index (χ1n) is 7.00. The summed E-state index contributed by atoms with van der Waals surface area (Å²) in [4.78, 5) is 8.44. The second kappa shape index (κ2) is 7.16. The van der Waals surface area contributed by atoms with E-state index in [1.54, 1.807) is 6.21 Å². The monoisotopic (exact) mass is 319 g/mol. The molecule has 2 unspecified atom stereocenters. The van der Waals surface area contributed by atoms with Gasteiger partial charge in [0, 0.05) is 6.21 Å². The Kier molecular flexibility index (Phi) is 7.08. The summed E-state index contributed by atoms with van der Waals surface area (Å²) in [6.45, 7) is 16.9. The number of amidine groups is 1. The van der Waals surface area contributed by atoms with Gasteiger partial charge in [0.05, 0.1) is 6.10 Å². The zero-order valence-electron chi connectivity index (χ0n) is 14.3. The summed E-state index contributed by atoms with van der Waals surface area (Å²) in [5, 5.41) is 3.58. The van der Waals surface area contributed by atoms with Gasteiger partial charge in [-0.1, -0.05) is 20.8 Å². The number of hydrogen-bond donors (Lipinski definition) is 1. The van der Waals surface area contributed by atoms with Crippen molar-refractivity contribution in [3.63, 3.8) is 0 Å². The van der Waals surface area contributed by atoms with Crippen molar-refractivity contribution in [2.45, 2.75) is 71.4 Å². The normalized spacial score (nSPS) is 19.2. The van der Waals surface area contributed by atoms with E-state index >= 15 is 0 Å². The molecule has 0 bridgehead atoms. The molecule has 0 amide bonds. The molecule has 0 aliphatic carbocycles. The molecule has 0 rings (SSSR count). The highest BCUT2D eigenvalue weighted by Crippen LogP contribution is 2.38. The van der Waals surface area contributed by atoms with E-state index < -0.39 is 14.0 Å². The van der Waals surface area contributed by atoms with Crippen LogP contribution >= 0.6 is 11.6 Å². The molecule has 0 aliphatic rings. The standard InChI is InChI=1S/C14H30ClN3OSi/c1-10-17-12(15)18-14(6,16-7)11(2)19-20(8,9)13(3,4)5/h10-11,16H,1-9H3/b17-10-,18-12-. The fraction of sp³-hybridized carbons (Fsp3) is 0.857. The third kappa shape index (κ3) is 5.28. The second-order valence-electron chi connectivity index (χ2n) is 6.69. The third-order valence-electron chi connectivity index (χ3n) is 4.14. The van der Waals surface area contributed by atoms with Crippen LogP contribution in [0.2, 0.25) is 18.1 Å². The molecule has 0 saturated heterocycles. The average molecular weight is 320 g/mol. The van der Waals surface area contributed by atoms with Gasteiger partial charge in [0.1, 0.15) is 5.66 Å². The van der Waals surface area contributed by atoms with Crippen LogP contribution in [0.5, 0.6) is 0 Å². The number of rotatable bonds is 5. The Bertz CT molecular complexity index is 377. The topological polar surface area (TPSA) is 46.0 Å². The first-order valence-corrected chi connectivity index (χ1v) is 10.3. The van der Waals surface area contributed by atoms with Crippen molar-refractivity contribution in [2.75, 3.05) is 7.05 Å². The van der Waals surface area contributed by atoms with Gasteiger partial charge in [-0.15, -0.1) is 0 Å².